The van der Waals surface area contributed by atoms with Gasteiger partial charge in [0.25, 0.3) is 5.91 Å². The third kappa shape index (κ3) is 6.72. The highest BCUT2D eigenvalue weighted by Gasteiger charge is 2.34. The third-order valence-corrected chi connectivity index (χ3v) is 6.96. The molecule has 1 fully saturated rings. The molecule has 3 aromatic carbocycles. The highest BCUT2D eigenvalue weighted by molar-refractivity contribution is 5.98. The van der Waals surface area contributed by atoms with Crippen LogP contribution in [0.3, 0.4) is 0 Å². The van der Waals surface area contributed by atoms with Crippen LogP contribution in [0.4, 0.5) is 18.0 Å². The van der Waals surface area contributed by atoms with Crippen LogP contribution >= 0.6 is 0 Å². The average Bonchev–Trinajstić information content (AvgIpc) is 2.93. The zero-order valence-electron chi connectivity index (χ0n) is 22.1. The lowest BCUT2D eigenvalue weighted by Crippen LogP contribution is -2.58. The van der Waals surface area contributed by atoms with E-state index in [9.17, 15) is 28.0 Å². The normalized spacial score (nSPS) is 16.1. The van der Waals surface area contributed by atoms with Gasteiger partial charge in [-0.05, 0) is 54.3 Å². The Labute approximate surface area is 230 Å². The largest absolute Gasteiger partial charge is 0.573 e. The minimum atomic E-state index is -4.78. The summed E-state index contributed by atoms with van der Waals surface area (Å²) in [4.78, 5) is 29.9. The quantitative estimate of drug-likeness (QED) is 0.404. The number of hydrogen-bond acceptors (Lipinski definition) is 4. The molecule has 1 heterocycles. The van der Waals surface area contributed by atoms with Crippen LogP contribution < -0.4 is 10.1 Å². The van der Waals surface area contributed by atoms with Crippen molar-refractivity contribution in [2.75, 3.05) is 19.6 Å². The van der Waals surface area contributed by atoms with E-state index in [1.807, 2.05) is 37.3 Å². The average molecular weight is 551 g/mol. The lowest BCUT2D eigenvalue weighted by molar-refractivity contribution is -0.274. The van der Waals surface area contributed by atoms with Crippen LogP contribution in [0.15, 0.2) is 72.8 Å². The van der Waals surface area contributed by atoms with Crippen LogP contribution in [0, 0.1) is 18.3 Å². The van der Waals surface area contributed by atoms with Gasteiger partial charge in [0.05, 0.1) is 24.6 Å². The molecule has 40 heavy (non-hydrogen) atoms. The first-order chi connectivity index (χ1) is 19.1. The maximum Gasteiger partial charge on any atom is 0.573 e. The Kier molecular flexibility index (Phi) is 8.63. The van der Waals surface area contributed by atoms with E-state index in [2.05, 4.69) is 16.1 Å². The summed E-state index contributed by atoms with van der Waals surface area (Å²) in [6.07, 6.45) is -4.72. The third-order valence-electron chi connectivity index (χ3n) is 6.96. The molecule has 3 aromatic rings. The Morgan fingerprint density at radius 3 is 2.40 bits per heavy atom. The molecule has 0 unspecified atom stereocenters. The Morgan fingerprint density at radius 1 is 1.05 bits per heavy atom. The van der Waals surface area contributed by atoms with Gasteiger partial charge in [-0.2, -0.15) is 5.26 Å². The highest BCUT2D eigenvalue weighted by Crippen LogP contribution is 2.30. The monoisotopic (exact) mass is 550 g/mol. The molecule has 208 valence electrons. The van der Waals surface area contributed by atoms with Crippen molar-refractivity contribution in [3.63, 3.8) is 0 Å². The Hall–Kier alpha value is -4.52. The van der Waals surface area contributed by atoms with E-state index in [1.54, 1.807) is 34.9 Å². The zero-order valence-corrected chi connectivity index (χ0v) is 22.1. The van der Waals surface area contributed by atoms with Crippen LogP contribution in [0.5, 0.6) is 5.75 Å². The number of nitrogens with one attached hydrogen (secondary N) is 1. The highest BCUT2D eigenvalue weighted by atomic mass is 19.4. The zero-order chi connectivity index (χ0) is 28.9. The number of amides is 3. The minimum absolute atomic E-state index is 0.0587. The number of halogens is 3. The van der Waals surface area contributed by atoms with Crippen molar-refractivity contribution in [3.05, 3.63) is 89.5 Å². The molecule has 1 N–H and O–H groups in total. The molecular weight excluding hydrogens is 521 g/mol. The van der Waals surface area contributed by atoms with E-state index in [-0.39, 0.29) is 43.2 Å². The SMILES string of the molecule is Cc1c(C(=O)N2CCN(C(=O)N[C@@H](C)c3ccccc3)C[C@H]2CC#N)cccc1-c1ccc(OC(F)(F)F)cc1. The maximum absolute atomic E-state index is 13.7. The lowest BCUT2D eigenvalue weighted by atomic mass is 9.95. The van der Waals surface area contributed by atoms with E-state index < -0.39 is 12.4 Å². The number of ether oxygens (including phenoxy) is 1. The fourth-order valence-corrected chi connectivity index (χ4v) is 4.86. The summed E-state index contributed by atoms with van der Waals surface area (Å²) in [6.45, 7) is 4.45. The molecule has 0 saturated carbocycles. The number of nitrogens with zero attached hydrogens (tertiary/aromatic N) is 3. The Balaban J connectivity index is 1.49. The molecule has 2 atom stereocenters. The minimum Gasteiger partial charge on any atom is -0.406 e. The van der Waals surface area contributed by atoms with Gasteiger partial charge < -0.3 is 19.9 Å². The number of urea groups is 1. The Morgan fingerprint density at radius 2 is 1.75 bits per heavy atom. The number of carbonyl (C=O) groups is 2. The van der Waals surface area contributed by atoms with Gasteiger partial charge in [0.15, 0.2) is 0 Å². The Bertz CT molecular complexity index is 1390. The maximum atomic E-state index is 13.7. The van der Waals surface area contributed by atoms with Crippen molar-refractivity contribution in [3.8, 4) is 22.9 Å². The van der Waals surface area contributed by atoms with Crippen LogP contribution in [0.25, 0.3) is 11.1 Å². The summed E-state index contributed by atoms with van der Waals surface area (Å²) >= 11 is 0. The van der Waals surface area contributed by atoms with E-state index in [1.165, 1.54) is 24.3 Å². The van der Waals surface area contributed by atoms with Crippen LogP contribution in [-0.2, 0) is 0 Å². The molecule has 0 aromatic heterocycles. The summed E-state index contributed by atoms with van der Waals surface area (Å²) in [5.74, 6) is -0.602. The van der Waals surface area contributed by atoms with Gasteiger partial charge in [0.1, 0.15) is 5.75 Å². The molecule has 0 aliphatic carbocycles. The summed E-state index contributed by atoms with van der Waals surface area (Å²) in [7, 11) is 0. The lowest BCUT2D eigenvalue weighted by Gasteiger charge is -2.41. The molecule has 4 rings (SSSR count). The van der Waals surface area contributed by atoms with Crippen LogP contribution in [0.1, 0.15) is 40.9 Å². The molecule has 3 amide bonds. The topological polar surface area (TPSA) is 85.7 Å². The number of alkyl halides is 3. The second-order valence-electron chi connectivity index (χ2n) is 9.59. The molecular formula is C30H29F3N4O3. The van der Waals surface area contributed by atoms with Gasteiger partial charge in [0, 0.05) is 25.2 Å². The summed E-state index contributed by atoms with van der Waals surface area (Å²) in [5, 5.41) is 12.4. The van der Waals surface area contributed by atoms with Crippen molar-refractivity contribution >= 4 is 11.9 Å². The fraction of sp³-hybridized carbons (Fsp3) is 0.300. The van der Waals surface area contributed by atoms with Crippen molar-refractivity contribution in [2.45, 2.75) is 38.7 Å². The molecule has 1 aliphatic heterocycles. The van der Waals surface area contributed by atoms with Gasteiger partial charge in [-0.25, -0.2) is 4.79 Å². The molecule has 0 radical (unpaired) electrons. The van der Waals surface area contributed by atoms with E-state index in [0.717, 1.165) is 5.56 Å². The van der Waals surface area contributed by atoms with E-state index in [0.29, 0.717) is 28.8 Å². The molecule has 0 bridgehead atoms. The number of benzene rings is 3. The molecule has 10 heteroatoms. The second kappa shape index (κ2) is 12.1. The number of nitriles is 1. The first-order valence-corrected chi connectivity index (χ1v) is 12.8. The van der Waals surface area contributed by atoms with Crippen molar-refractivity contribution in [1.29, 1.82) is 5.26 Å². The first-order valence-electron chi connectivity index (χ1n) is 12.8. The van der Waals surface area contributed by atoms with Crippen LogP contribution in [0.2, 0.25) is 0 Å². The van der Waals surface area contributed by atoms with E-state index in [4.69, 9.17) is 0 Å². The standard InChI is InChI=1S/C30H29F3N4O3/c1-20-26(23-11-13-25(14-12-23)40-30(31,32)33)9-6-10-27(20)28(38)37-18-17-36(19-24(37)15-16-34)29(39)35-21(2)22-7-4-3-5-8-22/h3-14,21,24H,15,17-19H2,1-2H3,(H,35,39)/t21-,24+/m0/s1. The fourth-order valence-electron chi connectivity index (χ4n) is 4.86. The first kappa shape index (κ1) is 28.5. The van der Waals surface area contributed by atoms with Gasteiger partial charge in [-0.15, -0.1) is 13.2 Å². The van der Waals surface area contributed by atoms with Gasteiger partial charge in [-0.1, -0.05) is 54.6 Å². The van der Waals surface area contributed by atoms with Crippen molar-refractivity contribution < 1.29 is 27.5 Å². The van der Waals surface area contributed by atoms with Gasteiger partial charge >= 0.3 is 12.4 Å². The van der Waals surface area contributed by atoms with E-state index >= 15 is 0 Å². The molecule has 0 spiro atoms. The van der Waals surface area contributed by atoms with Crippen molar-refractivity contribution in [1.82, 2.24) is 15.1 Å². The summed E-state index contributed by atoms with van der Waals surface area (Å²) in [5.41, 5.74) is 3.37. The van der Waals surface area contributed by atoms with Crippen molar-refractivity contribution in [2.24, 2.45) is 0 Å². The predicted molar refractivity (Wildman–Crippen MR) is 143 cm³/mol. The molecule has 7 nitrogen and oxygen atoms in total. The summed E-state index contributed by atoms with van der Waals surface area (Å²) < 4.78 is 41.5. The smallest absolute Gasteiger partial charge is 0.406 e. The van der Waals surface area contributed by atoms with Gasteiger partial charge in [-0.3, -0.25) is 4.79 Å². The number of hydrogen-bond donors (Lipinski definition) is 1. The molecule has 1 saturated heterocycles. The number of piperazine rings is 1. The van der Waals surface area contributed by atoms with Gasteiger partial charge in [0.2, 0.25) is 0 Å². The predicted octanol–water partition coefficient (Wildman–Crippen LogP) is 6.07. The van der Waals surface area contributed by atoms with Crippen LogP contribution in [-0.4, -0.2) is 53.8 Å². The second-order valence-corrected chi connectivity index (χ2v) is 9.59. The molecule has 1 aliphatic rings. The number of carbonyl (C=O) groups excluding carboxylic acids is 2. The summed E-state index contributed by atoms with van der Waals surface area (Å²) in [6, 6.07) is 21.4. The number of rotatable bonds is 6.